The van der Waals surface area contributed by atoms with Gasteiger partial charge in [0.1, 0.15) is 0 Å². The molecule has 0 aromatic heterocycles. The van der Waals surface area contributed by atoms with Gasteiger partial charge in [0, 0.05) is 19.6 Å². The van der Waals surface area contributed by atoms with Crippen molar-refractivity contribution in [1.29, 1.82) is 0 Å². The molecular weight excluding hydrogens is 124 g/mol. The molecule has 10 heavy (non-hydrogen) atoms. The van der Waals surface area contributed by atoms with Gasteiger partial charge in [0.2, 0.25) is 0 Å². The summed E-state index contributed by atoms with van der Waals surface area (Å²) < 4.78 is 0. The van der Waals surface area contributed by atoms with Crippen molar-refractivity contribution in [2.24, 2.45) is 5.73 Å². The van der Waals surface area contributed by atoms with Gasteiger partial charge in [0.15, 0.2) is 0 Å². The SMILES string of the molecule is C=CCN(CCC)CCN. The molecular formula is C8H18N2. The van der Waals surface area contributed by atoms with Crippen LogP contribution < -0.4 is 5.73 Å². The van der Waals surface area contributed by atoms with E-state index in [2.05, 4.69) is 18.4 Å². The van der Waals surface area contributed by atoms with Crippen molar-refractivity contribution in [3.8, 4) is 0 Å². The molecule has 0 bridgehead atoms. The molecule has 0 aliphatic rings. The molecule has 0 unspecified atom stereocenters. The molecule has 0 rings (SSSR count). The second kappa shape index (κ2) is 6.78. The van der Waals surface area contributed by atoms with Gasteiger partial charge >= 0.3 is 0 Å². The summed E-state index contributed by atoms with van der Waals surface area (Å²) in [5.41, 5.74) is 5.41. The van der Waals surface area contributed by atoms with Crippen molar-refractivity contribution in [2.45, 2.75) is 13.3 Å². The molecule has 2 N–H and O–H groups in total. The molecule has 60 valence electrons. The number of nitrogens with two attached hydrogens (primary N) is 1. The third kappa shape index (κ3) is 4.53. The maximum Gasteiger partial charge on any atom is 0.0161 e. The van der Waals surface area contributed by atoms with E-state index in [0.29, 0.717) is 0 Å². The van der Waals surface area contributed by atoms with E-state index >= 15 is 0 Å². The van der Waals surface area contributed by atoms with Crippen molar-refractivity contribution in [2.75, 3.05) is 26.2 Å². The van der Waals surface area contributed by atoms with Crippen LogP contribution in [0.5, 0.6) is 0 Å². The van der Waals surface area contributed by atoms with Gasteiger partial charge < -0.3 is 5.73 Å². The lowest BCUT2D eigenvalue weighted by atomic mass is 10.4. The summed E-state index contributed by atoms with van der Waals surface area (Å²) in [6, 6.07) is 0. The van der Waals surface area contributed by atoms with Crippen molar-refractivity contribution in [3.63, 3.8) is 0 Å². The Morgan fingerprint density at radius 1 is 1.50 bits per heavy atom. The zero-order valence-corrected chi connectivity index (χ0v) is 6.84. The molecule has 0 spiro atoms. The Kier molecular flexibility index (Phi) is 6.55. The normalized spacial score (nSPS) is 10.3. The maximum atomic E-state index is 5.41. The van der Waals surface area contributed by atoms with E-state index in [1.807, 2.05) is 6.08 Å². The topological polar surface area (TPSA) is 29.3 Å². The van der Waals surface area contributed by atoms with Gasteiger partial charge in [-0.05, 0) is 13.0 Å². The van der Waals surface area contributed by atoms with Gasteiger partial charge in [0.25, 0.3) is 0 Å². The Morgan fingerprint density at radius 3 is 2.60 bits per heavy atom. The quantitative estimate of drug-likeness (QED) is 0.557. The minimum atomic E-state index is 0.744. The van der Waals surface area contributed by atoms with Gasteiger partial charge in [0.05, 0.1) is 0 Å². The molecule has 0 amide bonds. The molecule has 0 aromatic carbocycles. The Morgan fingerprint density at radius 2 is 2.20 bits per heavy atom. The number of rotatable bonds is 6. The van der Waals surface area contributed by atoms with Crippen molar-refractivity contribution >= 4 is 0 Å². The van der Waals surface area contributed by atoms with Crippen LogP contribution in [0, 0.1) is 0 Å². The van der Waals surface area contributed by atoms with Crippen LogP contribution in [0.3, 0.4) is 0 Å². The minimum absolute atomic E-state index is 0.744. The fraction of sp³-hybridized carbons (Fsp3) is 0.750. The summed E-state index contributed by atoms with van der Waals surface area (Å²) in [4.78, 5) is 2.30. The first-order valence-corrected chi connectivity index (χ1v) is 3.88. The highest BCUT2D eigenvalue weighted by Gasteiger charge is 1.97. The zero-order chi connectivity index (χ0) is 7.82. The molecule has 0 radical (unpaired) electrons. The molecule has 2 heteroatoms. The molecule has 0 saturated carbocycles. The predicted octanol–water partition coefficient (Wildman–Crippen LogP) is 0.843. The molecule has 0 aliphatic heterocycles. The summed E-state index contributed by atoms with van der Waals surface area (Å²) in [6.07, 6.45) is 3.11. The van der Waals surface area contributed by atoms with Crippen molar-refractivity contribution < 1.29 is 0 Å². The van der Waals surface area contributed by atoms with E-state index in [9.17, 15) is 0 Å². The average molecular weight is 142 g/mol. The largest absolute Gasteiger partial charge is 0.329 e. The van der Waals surface area contributed by atoms with Crippen LogP contribution in [0.1, 0.15) is 13.3 Å². The van der Waals surface area contributed by atoms with Crippen LogP contribution in [-0.4, -0.2) is 31.1 Å². The van der Waals surface area contributed by atoms with Crippen LogP contribution >= 0.6 is 0 Å². The first kappa shape index (κ1) is 9.66. The van der Waals surface area contributed by atoms with Gasteiger partial charge in [-0.2, -0.15) is 0 Å². The highest BCUT2D eigenvalue weighted by molar-refractivity contribution is 4.72. The second-order valence-corrected chi connectivity index (χ2v) is 2.38. The second-order valence-electron chi connectivity index (χ2n) is 2.38. The third-order valence-electron chi connectivity index (χ3n) is 1.37. The van der Waals surface area contributed by atoms with Crippen LogP contribution in [0.2, 0.25) is 0 Å². The van der Waals surface area contributed by atoms with Gasteiger partial charge in [-0.3, -0.25) is 4.90 Å². The van der Waals surface area contributed by atoms with E-state index in [0.717, 1.165) is 26.2 Å². The van der Waals surface area contributed by atoms with E-state index < -0.39 is 0 Å². The number of nitrogens with zero attached hydrogens (tertiary/aromatic N) is 1. The fourth-order valence-corrected chi connectivity index (χ4v) is 0.976. The summed E-state index contributed by atoms with van der Waals surface area (Å²) in [7, 11) is 0. The number of hydrogen-bond donors (Lipinski definition) is 1. The summed E-state index contributed by atoms with van der Waals surface area (Å²) in [6.45, 7) is 9.68. The third-order valence-corrected chi connectivity index (χ3v) is 1.37. The molecule has 2 nitrogen and oxygen atoms in total. The van der Waals surface area contributed by atoms with Gasteiger partial charge in [-0.15, -0.1) is 6.58 Å². The number of hydrogen-bond acceptors (Lipinski definition) is 2. The van der Waals surface area contributed by atoms with Crippen LogP contribution in [0.25, 0.3) is 0 Å². The van der Waals surface area contributed by atoms with E-state index in [-0.39, 0.29) is 0 Å². The monoisotopic (exact) mass is 142 g/mol. The smallest absolute Gasteiger partial charge is 0.0161 e. The summed E-state index contributed by atoms with van der Waals surface area (Å²) in [5, 5.41) is 0. The fourth-order valence-electron chi connectivity index (χ4n) is 0.976. The minimum Gasteiger partial charge on any atom is -0.329 e. The summed E-state index contributed by atoms with van der Waals surface area (Å²) >= 11 is 0. The molecule has 0 aromatic rings. The average Bonchev–Trinajstić information content (AvgIpc) is 1.90. The van der Waals surface area contributed by atoms with E-state index in [4.69, 9.17) is 5.73 Å². The summed E-state index contributed by atoms with van der Waals surface area (Å²) in [5.74, 6) is 0. The Labute approximate surface area is 63.7 Å². The first-order chi connectivity index (χ1) is 4.85. The van der Waals surface area contributed by atoms with E-state index in [1.54, 1.807) is 0 Å². The Balaban J connectivity index is 3.38. The predicted molar refractivity (Wildman–Crippen MR) is 46.0 cm³/mol. The van der Waals surface area contributed by atoms with Crippen molar-refractivity contribution in [3.05, 3.63) is 12.7 Å². The highest BCUT2D eigenvalue weighted by Crippen LogP contribution is 1.89. The van der Waals surface area contributed by atoms with Gasteiger partial charge in [-0.25, -0.2) is 0 Å². The Hall–Kier alpha value is -0.340. The first-order valence-electron chi connectivity index (χ1n) is 3.88. The van der Waals surface area contributed by atoms with Crippen LogP contribution in [0.15, 0.2) is 12.7 Å². The van der Waals surface area contributed by atoms with Gasteiger partial charge in [-0.1, -0.05) is 13.0 Å². The molecule has 0 fully saturated rings. The molecule has 0 heterocycles. The molecule has 0 aliphatic carbocycles. The Bertz CT molecular complexity index is 75.3. The standard InChI is InChI=1S/C8H18N2/c1-3-6-10(7-4-2)8-5-9/h3H,1,4-9H2,2H3. The lowest BCUT2D eigenvalue weighted by Crippen LogP contribution is -2.30. The van der Waals surface area contributed by atoms with Crippen LogP contribution in [0.4, 0.5) is 0 Å². The molecule has 0 saturated heterocycles. The zero-order valence-electron chi connectivity index (χ0n) is 6.84. The lowest BCUT2D eigenvalue weighted by molar-refractivity contribution is 0.312. The van der Waals surface area contributed by atoms with Crippen LogP contribution in [-0.2, 0) is 0 Å². The van der Waals surface area contributed by atoms with Crippen molar-refractivity contribution in [1.82, 2.24) is 4.90 Å². The maximum absolute atomic E-state index is 5.41. The molecule has 0 atom stereocenters. The van der Waals surface area contributed by atoms with E-state index in [1.165, 1.54) is 6.42 Å². The highest BCUT2D eigenvalue weighted by atomic mass is 15.1. The lowest BCUT2D eigenvalue weighted by Gasteiger charge is -2.17.